The number of nitrogens with one attached hydrogen (secondary N) is 1. The second-order valence-corrected chi connectivity index (χ2v) is 7.66. The standard InChI is InChI=1S/C19H20BrF3N4O2/c20-15-11-25-18-17(24-7-3-9-29-16-4-1-2-8-28-16)26-13-10-12(19(21,22)23)5-6-14(13)27(15)18/h5-6,10-11,16H,1-4,7-9H2,(H,24,26). The number of nitrogens with zero attached hydrogens (tertiary/aromatic N) is 3. The minimum Gasteiger partial charge on any atom is -0.367 e. The zero-order valence-corrected chi connectivity index (χ0v) is 17.1. The van der Waals surface area contributed by atoms with Crippen molar-refractivity contribution >= 4 is 38.4 Å². The Balaban J connectivity index is 1.51. The van der Waals surface area contributed by atoms with E-state index in [1.807, 2.05) is 0 Å². The number of hydrogen-bond donors (Lipinski definition) is 1. The first-order chi connectivity index (χ1) is 13.9. The smallest absolute Gasteiger partial charge is 0.367 e. The van der Waals surface area contributed by atoms with Gasteiger partial charge in [0.2, 0.25) is 0 Å². The summed E-state index contributed by atoms with van der Waals surface area (Å²) in [6, 6.07) is 3.51. The van der Waals surface area contributed by atoms with Gasteiger partial charge in [0.15, 0.2) is 17.8 Å². The zero-order chi connectivity index (χ0) is 20.4. The van der Waals surface area contributed by atoms with Crippen molar-refractivity contribution in [3.63, 3.8) is 0 Å². The highest BCUT2D eigenvalue weighted by molar-refractivity contribution is 9.10. The van der Waals surface area contributed by atoms with Crippen LogP contribution < -0.4 is 5.32 Å². The molecule has 3 aromatic rings. The van der Waals surface area contributed by atoms with E-state index < -0.39 is 11.7 Å². The average molecular weight is 473 g/mol. The molecule has 156 valence electrons. The van der Waals surface area contributed by atoms with Crippen molar-refractivity contribution in [2.45, 2.75) is 38.1 Å². The summed E-state index contributed by atoms with van der Waals surface area (Å²) in [5, 5.41) is 3.17. The molecule has 6 nitrogen and oxygen atoms in total. The molecule has 1 saturated heterocycles. The first kappa shape index (κ1) is 20.4. The summed E-state index contributed by atoms with van der Waals surface area (Å²) in [6.07, 6.45) is 0.821. The van der Waals surface area contributed by atoms with Crippen LogP contribution in [0.2, 0.25) is 0 Å². The molecule has 1 atom stereocenters. The molecule has 0 spiro atoms. The summed E-state index contributed by atoms with van der Waals surface area (Å²) in [4.78, 5) is 8.73. The highest BCUT2D eigenvalue weighted by atomic mass is 79.9. The number of rotatable bonds is 6. The second kappa shape index (κ2) is 8.45. The Morgan fingerprint density at radius 3 is 2.93 bits per heavy atom. The lowest BCUT2D eigenvalue weighted by Gasteiger charge is -2.22. The van der Waals surface area contributed by atoms with Gasteiger partial charge in [-0.15, -0.1) is 0 Å². The van der Waals surface area contributed by atoms with Crippen LogP contribution in [-0.4, -0.2) is 40.4 Å². The van der Waals surface area contributed by atoms with Gasteiger partial charge in [-0.25, -0.2) is 9.97 Å². The molecule has 29 heavy (non-hydrogen) atoms. The third-order valence-corrected chi connectivity index (χ3v) is 5.32. The summed E-state index contributed by atoms with van der Waals surface area (Å²) < 4.78 is 52.9. The Labute approximate surface area is 173 Å². The molecule has 0 amide bonds. The summed E-state index contributed by atoms with van der Waals surface area (Å²) >= 11 is 3.41. The number of imidazole rings is 1. The maximum atomic E-state index is 13.1. The quantitative estimate of drug-likeness (QED) is 0.511. The van der Waals surface area contributed by atoms with Crippen LogP contribution in [0.25, 0.3) is 16.7 Å². The highest BCUT2D eigenvalue weighted by Crippen LogP contribution is 2.33. The van der Waals surface area contributed by atoms with E-state index in [0.717, 1.165) is 38.0 Å². The first-order valence-corrected chi connectivity index (χ1v) is 10.2. The number of fused-ring (bicyclic) bond motifs is 3. The minimum absolute atomic E-state index is 0.140. The Morgan fingerprint density at radius 1 is 1.31 bits per heavy atom. The molecule has 0 radical (unpaired) electrons. The normalized spacial score (nSPS) is 17.9. The van der Waals surface area contributed by atoms with Gasteiger partial charge in [0.1, 0.15) is 4.60 Å². The predicted molar refractivity (Wildman–Crippen MR) is 106 cm³/mol. The number of benzene rings is 1. The predicted octanol–water partition coefficient (Wildman–Crippen LogP) is 5.01. The molecule has 1 unspecified atom stereocenters. The molecule has 1 fully saturated rings. The maximum Gasteiger partial charge on any atom is 0.416 e. The van der Waals surface area contributed by atoms with E-state index >= 15 is 0 Å². The molecule has 1 N–H and O–H groups in total. The monoisotopic (exact) mass is 472 g/mol. The van der Waals surface area contributed by atoms with Crippen molar-refractivity contribution in [2.75, 3.05) is 25.1 Å². The van der Waals surface area contributed by atoms with Gasteiger partial charge in [-0.1, -0.05) is 0 Å². The van der Waals surface area contributed by atoms with Gasteiger partial charge in [-0.05, 0) is 59.8 Å². The lowest BCUT2D eigenvalue weighted by atomic mass is 10.2. The van der Waals surface area contributed by atoms with Gasteiger partial charge in [0.25, 0.3) is 0 Å². The van der Waals surface area contributed by atoms with E-state index in [1.54, 1.807) is 10.6 Å². The van der Waals surface area contributed by atoms with E-state index in [4.69, 9.17) is 9.47 Å². The zero-order valence-electron chi connectivity index (χ0n) is 15.5. The van der Waals surface area contributed by atoms with Crippen molar-refractivity contribution in [3.05, 3.63) is 34.6 Å². The summed E-state index contributed by atoms with van der Waals surface area (Å²) in [7, 11) is 0. The number of aromatic nitrogens is 3. The fourth-order valence-corrected chi connectivity index (χ4v) is 3.79. The second-order valence-electron chi connectivity index (χ2n) is 6.85. The molecule has 3 heterocycles. The first-order valence-electron chi connectivity index (χ1n) is 9.44. The van der Waals surface area contributed by atoms with Gasteiger partial charge in [-0.3, -0.25) is 4.40 Å². The third kappa shape index (κ3) is 4.49. The van der Waals surface area contributed by atoms with Gasteiger partial charge in [0, 0.05) is 13.2 Å². The Bertz CT molecular complexity index is 1000. The van der Waals surface area contributed by atoms with Gasteiger partial charge < -0.3 is 14.8 Å². The lowest BCUT2D eigenvalue weighted by molar-refractivity contribution is -0.162. The van der Waals surface area contributed by atoms with Crippen molar-refractivity contribution in [1.29, 1.82) is 0 Å². The number of halogens is 4. The minimum atomic E-state index is -4.43. The molecular formula is C19H20BrF3N4O2. The summed E-state index contributed by atoms with van der Waals surface area (Å²) in [5.74, 6) is 0.427. The fraction of sp³-hybridized carbons (Fsp3) is 0.474. The summed E-state index contributed by atoms with van der Waals surface area (Å²) in [6.45, 7) is 1.80. The molecule has 0 bridgehead atoms. The number of anilines is 1. The third-order valence-electron chi connectivity index (χ3n) is 4.76. The van der Waals surface area contributed by atoms with Crippen LogP contribution in [0, 0.1) is 0 Å². The largest absolute Gasteiger partial charge is 0.416 e. The molecule has 1 aliphatic heterocycles. The van der Waals surface area contributed by atoms with Crippen LogP contribution in [-0.2, 0) is 15.7 Å². The molecule has 0 aliphatic carbocycles. The number of hydrogen-bond acceptors (Lipinski definition) is 5. The van der Waals surface area contributed by atoms with Gasteiger partial charge in [0.05, 0.1) is 29.4 Å². The van der Waals surface area contributed by atoms with Crippen LogP contribution in [0.15, 0.2) is 29.0 Å². The SMILES string of the molecule is FC(F)(F)c1ccc2c(c1)nc(NCCCOC1CCCCO1)c1ncc(Br)n12. The molecule has 2 aromatic heterocycles. The van der Waals surface area contributed by atoms with Crippen molar-refractivity contribution in [3.8, 4) is 0 Å². The van der Waals surface area contributed by atoms with Gasteiger partial charge in [-0.2, -0.15) is 13.2 Å². The van der Waals surface area contributed by atoms with Crippen molar-refractivity contribution in [1.82, 2.24) is 14.4 Å². The Hall–Kier alpha value is -1.91. The van der Waals surface area contributed by atoms with E-state index in [0.29, 0.717) is 41.2 Å². The van der Waals surface area contributed by atoms with E-state index in [9.17, 15) is 13.2 Å². The fourth-order valence-electron chi connectivity index (χ4n) is 3.33. The van der Waals surface area contributed by atoms with Crippen molar-refractivity contribution < 1.29 is 22.6 Å². The Kier molecular flexibility index (Phi) is 5.93. The molecule has 4 rings (SSSR count). The molecule has 0 saturated carbocycles. The average Bonchev–Trinajstić information content (AvgIpc) is 3.09. The molecule has 1 aromatic carbocycles. The number of alkyl halides is 3. The molecule has 10 heteroatoms. The van der Waals surface area contributed by atoms with Crippen molar-refractivity contribution in [2.24, 2.45) is 0 Å². The van der Waals surface area contributed by atoms with E-state index in [-0.39, 0.29) is 11.8 Å². The maximum absolute atomic E-state index is 13.1. The van der Waals surface area contributed by atoms with Crippen LogP contribution in [0.4, 0.5) is 19.0 Å². The van der Waals surface area contributed by atoms with E-state index in [1.165, 1.54) is 6.07 Å². The Morgan fingerprint density at radius 2 is 2.17 bits per heavy atom. The summed E-state index contributed by atoms with van der Waals surface area (Å²) in [5.41, 5.74) is 0.585. The molecular weight excluding hydrogens is 453 g/mol. The topological polar surface area (TPSA) is 60.7 Å². The van der Waals surface area contributed by atoms with Gasteiger partial charge >= 0.3 is 6.18 Å². The highest BCUT2D eigenvalue weighted by Gasteiger charge is 2.31. The number of ether oxygens (including phenoxy) is 2. The van der Waals surface area contributed by atoms with Crippen LogP contribution >= 0.6 is 15.9 Å². The lowest BCUT2D eigenvalue weighted by Crippen LogP contribution is -2.23. The van der Waals surface area contributed by atoms with Crippen LogP contribution in [0.1, 0.15) is 31.2 Å². The van der Waals surface area contributed by atoms with Crippen LogP contribution in [0.3, 0.4) is 0 Å². The van der Waals surface area contributed by atoms with E-state index in [2.05, 4.69) is 31.2 Å². The van der Waals surface area contributed by atoms with Crippen LogP contribution in [0.5, 0.6) is 0 Å². The molecule has 1 aliphatic rings.